The highest BCUT2D eigenvalue weighted by Crippen LogP contribution is 2.27. The number of carbonyl (C=O) groups excluding carboxylic acids is 1. The predicted molar refractivity (Wildman–Crippen MR) is 100 cm³/mol. The number of fused-ring (bicyclic) bond motifs is 1. The lowest BCUT2D eigenvalue weighted by Gasteiger charge is -2.32. The highest BCUT2D eigenvalue weighted by Gasteiger charge is 2.28. The van der Waals surface area contributed by atoms with Crippen molar-refractivity contribution in [1.29, 1.82) is 0 Å². The summed E-state index contributed by atoms with van der Waals surface area (Å²) in [6, 6.07) is 13.2. The van der Waals surface area contributed by atoms with Gasteiger partial charge in [0.15, 0.2) is 5.65 Å². The summed E-state index contributed by atoms with van der Waals surface area (Å²) in [5, 5.41) is 19.8. The van der Waals surface area contributed by atoms with E-state index in [-0.39, 0.29) is 11.8 Å². The Morgan fingerprint density at radius 2 is 2.07 bits per heavy atom. The fourth-order valence-corrected chi connectivity index (χ4v) is 3.75. The summed E-state index contributed by atoms with van der Waals surface area (Å²) in [4.78, 5) is 15.0. The number of likely N-dealkylation sites (tertiary alicyclic amines) is 1. The fourth-order valence-electron chi connectivity index (χ4n) is 3.75. The minimum Gasteiger partial charge on any atom is -0.338 e. The summed E-state index contributed by atoms with van der Waals surface area (Å²) in [7, 11) is 0. The molecule has 0 bridgehead atoms. The molecule has 0 saturated carbocycles. The van der Waals surface area contributed by atoms with Gasteiger partial charge in [-0.05, 0) is 53.6 Å². The largest absolute Gasteiger partial charge is 0.338 e. The van der Waals surface area contributed by atoms with E-state index in [9.17, 15) is 4.79 Å². The van der Waals surface area contributed by atoms with Crippen molar-refractivity contribution < 1.29 is 4.79 Å². The van der Waals surface area contributed by atoms with Crippen molar-refractivity contribution in [2.45, 2.75) is 18.8 Å². The normalized spacial score (nSPS) is 17.1. The molecular formula is C19H18N8O. The molecule has 1 fully saturated rings. The highest BCUT2D eigenvalue weighted by molar-refractivity contribution is 5.94. The van der Waals surface area contributed by atoms with Crippen LogP contribution in [-0.2, 0) is 0 Å². The Hall–Kier alpha value is -3.62. The zero-order chi connectivity index (χ0) is 18.9. The molecule has 4 heterocycles. The average Bonchev–Trinajstić information content (AvgIpc) is 3.43. The van der Waals surface area contributed by atoms with E-state index in [1.807, 2.05) is 58.0 Å². The van der Waals surface area contributed by atoms with Crippen LogP contribution < -0.4 is 0 Å². The van der Waals surface area contributed by atoms with Crippen LogP contribution in [0.1, 0.15) is 34.9 Å². The second-order valence-corrected chi connectivity index (χ2v) is 6.88. The Labute approximate surface area is 160 Å². The zero-order valence-corrected chi connectivity index (χ0v) is 15.1. The second kappa shape index (κ2) is 6.84. The minimum atomic E-state index is 0.00782. The molecule has 140 valence electrons. The van der Waals surface area contributed by atoms with Crippen molar-refractivity contribution in [2.24, 2.45) is 0 Å². The van der Waals surface area contributed by atoms with Crippen molar-refractivity contribution in [3.8, 4) is 5.69 Å². The van der Waals surface area contributed by atoms with Gasteiger partial charge >= 0.3 is 0 Å². The lowest BCUT2D eigenvalue weighted by atomic mass is 9.96. The Morgan fingerprint density at radius 3 is 2.96 bits per heavy atom. The number of hydrogen-bond acceptors (Lipinski definition) is 6. The third-order valence-electron chi connectivity index (χ3n) is 5.12. The summed E-state index contributed by atoms with van der Waals surface area (Å²) in [6.07, 6.45) is 5.41. The van der Waals surface area contributed by atoms with Crippen molar-refractivity contribution in [3.63, 3.8) is 0 Å². The summed E-state index contributed by atoms with van der Waals surface area (Å²) < 4.78 is 3.55. The molecular weight excluding hydrogens is 356 g/mol. The Bertz CT molecular complexity index is 1120. The van der Waals surface area contributed by atoms with Crippen LogP contribution in [0.3, 0.4) is 0 Å². The van der Waals surface area contributed by atoms with Crippen LogP contribution in [0.2, 0.25) is 0 Å². The molecule has 1 atom stereocenters. The fraction of sp³-hybridized carbons (Fsp3) is 0.263. The molecule has 9 nitrogen and oxygen atoms in total. The Kier molecular flexibility index (Phi) is 4.04. The number of nitrogens with zero attached hydrogens (tertiary/aromatic N) is 8. The molecule has 28 heavy (non-hydrogen) atoms. The number of hydrogen-bond donors (Lipinski definition) is 0. The first-order valence-electron chi connectivity index (χ1n) is 9.22. The minimum absolute atomic E-state index is 0.00782. The molecule has 4 aromatic rings. The molecule has 1 aliphatic rings. The van der Waals surface area contributed by atoms with Crippen LogP contribution >= 0.6 is 0 Å². The van der Waals surface area contributed by atoms with Gasteiger partial charge in [0.05, 0.1) is 5.69 Å². The summed E-state index contributed by atoms with van der Waals surface area (Å²) in [6.45, 7) is 1.37. The van der Waals surface area contributed by atoms with E-state index < -0.39 is 0 Å². The molecule has 0 spiro atoms. The molecule has 0 unspecified atom stereocenters. The number of rotatable bonds is 3. The van der Waals surface area contributed by atoms with Gasteiger partial charge in [0.2, 0.25) is 0 Å². The molecule has 0 radical (unpaired) electrons. The first-order valence-corrected chi connectivity index (χ1v) is 9.22. The topological polar surface area (TPSA) is 94.1 Å². The molecule has 0 aliphatic carbocycles. The predicted octanol–water partition coefficient (Wildman–Crippen LogP) is 1.72. The number of aromatic nitrogens is 7. The molecule has 3 aromatic heterocycles. The lowest BCUT2D eigenvalue weighted by molar-refractivity contribution is 0.0704. The highest BCUT2D eigenvalue weighted by atomic mass is 16.2. The van der Waals surface area contributed by atoms with Crippen LogP contribution in [0.25, 0.3) is 11.3 Å². The van der Waals surface area contributed by atoms with Crippen LogP contribution in [0.15, 0.2) is 55.0 Å². The van der Waals surface area contributed by atoms with Gasteiger partial charge < -0.3 is 4.90 Å². The van der Waals surface area contributed by atoms with E-state index in [1.165, 1.54) is 11.0 Å². The van der Waals surface area contributed by atoms with Crippen LogP contribution in [0.4, 0.5) is 0 Å². The smallest absolute Gasteiger partial charge is 0.253 e. The van der Waals surface area contributed by atoms with E-state index in [2.05, 4.69) is 25.7 Å². The quantitative estimate of drug-likeness (QED) is 0.542. The van der Waals surface area contributed by atoms with Gasteiger partial charge in [-0.2, -0.15) is 0 Å². The first-order chi connectivity index (χ1) is 13.8. The van der Waals surface area contributed by atoms with Crippen molar-refractivity contribution in [3.05, 3.63) is 66.4 Å². The number of pyridine rings is 1. The molecule has 1 aliphatic heterocycles. The van der Waals surface area contributed by atoms with Crippen molar-refractivity contribution >= 4 is 11.6 Å². The summed E-state index contributed by atoms with van der Waals surface area (Å²) in [5.74, 6) is 1.08. The van der Waals surface area contributed by atoms with Crippen LogP contribution in [0.5, 0.6) is 0 Å². The third kappa shape index (κ3) is 2.90. The van der Waals surface area contributed by atoms with Gasteiger partial charge in [-0.25, -0.2) is 4.68 Å². The van der Waals surface area contributed by atoms with E-state index >= 15 is 0 Å². The maximum atomic E-state index is 13.1. The van der Waals surface area contributed by atoms with Gasteiger partial charge in [0, 0.05) is 30.8 Å². The van der Waals surface area contributed by atoms with Crippen molar-refractivity contribution in [1.82, 2.24) is 39.7 Å². The van der Waals surface area contributed by atoms with E-state index in [4.69, 9.17) is 0 Å². The summed E-state index contributed by atoms with van der Waals surface area (Å²) in [5.41, 5.74) is 2.21. The van der Waals surface area contributed by atoms with Gasteiger partial charge in [0.25, 0.3) is 5.91 Å². The SMILES string of the molecule is O=C(c1cccc(-n2cnnn2)c1)N1CCC[C@H](c2nnc3ccccn23)C1. The van der Waals surface area contributed by atoms with E-state index in [0.717, 1.165) is 36.5 Å². The number of amides is 1. The number of benzene rings is 1. The second-order valence-electron chi connectivity index (χ2n) is 6.88. The van der Waals surface area contributed by atoms with Gasteiger partial charge in [-0.15, -0.1) is 15.3 Å². The number of piperidine rings is 1. The number of tetrazole rings is 1. The lowest BCUT2D eigenvalue weighted by Crippen LogP contribution is -2.39. The molecule has 0 N–H and O–H groups in total. The Morgan fingerprint density at radius 1 is 1.11 bits per heavy atom. The van der Waals surface area contributed by atoms with Crippen molar-refractivity contribution in [2.75, 3.05) is 13.1 Å². The van der Waals surface area contributed by atoms with Gasteiger partial charge in [0.1, 0.15) is 12.2 Å². The maximum Gasteiger partial charge on any atom is 0.253 e. The molecule has 9 heteroatoms. The third-order valence-corrected chi connectivity index (χ3v) is 5.12. The summed E-state index contributed by atoms with van der Waals surface area (Å²) >= 11 is 0. The Balaban J connectivity index is 1.39. The maximum absolute atomic E-state index is 13.1. The monoisotopic (exact) mass is 374 g/mol. The van der Waals surface area contributed by atoms with E-state index in [0.29, 0.717) is 12.1 Å². The molecule has 5 rings (SSSR count). The van der Waals surface area contributed by atoms with E-state index in [1.54, 1.807) is 0 Å². The number of carbonyl (C=O) groups is 1. The van der Waals surface area contributed by atoms with Gasteiger partial charge in [-0.3, -0.25) is 9.20 Å². The van der Waals surface area contributed by atoms with Gasteiger partial charge in [-0.1, -0.05) is 12.1 Å². The van der Waals surface area contributed by atoms with Crippen LogP contribution in [0, 0.1) is 0 Å². The first kappa shape index (κ1) is 16.5. The zero-order valence-electron chi connectivity index (χ0n) is 15.1. The average molecular weight is 374 g/mol. The standard InChI is InChI=1S/C19H18N8O/c28-19(14-5-3-7-16(11-14)27-13-20-23-24-27)25-9-4-6-15(12-25)18-22-21-17-8-1-2-10-26(17)18/h1-3,5,7-8,10-11,13,15H,4,6,9,12H2/t15-/m0/s1. The molecule has 1 aromatic carbocycles. The molecule has 1 saturated heterocycles. The van der Waals surface area contributed by atoms with Crippen LogP contribution in [-0.4, -0.2) is 58.7 Å². The molecule has 1 amide bonds.